The summed E-state index contributed by atoms with van der Waals surface area (Å²) in [5.41, 5.74) is -0.106. The van der Waals surface area contributed by atoms with E-state index in [1.807, 2.05) is 0 Å². The third-order valence-electron chi connectivity index (χ3n) is 2.53. The Kier molecular flexibility index (Phi) is 2.77. The number of benzene rings is 1. The average molecular weight is 242 g/mol. The molecule has 0 radical (unpaired) electrons. The number of carbonyl (C=O) groups is 1. The number of halogens is 2. The molecule has 0 saturated carbocycles. The quantitative estimate of drug-likeness (QED) is 0.748. The average Bonchev–Trinajstić information content (AvgIpc) is 2.26. The van der Waals surface area contributed by atoms with E-state index in [0.717, 1.165) is 13.0 Å². The highest BCUT2D eigenvalue weighted by atomic mass is 19.3. The standard InChI is InChI=1S/C12H12F2O3/c1-7(15)9-5-8(12(2,13)14)6-10-11(9)17-4-3-16-10/h5-6H,3-4H2,1-2H3. The zero-order chi connectivity index (χ0) is 12.6. The summed E-state index contributed by atoms with van der Waals surface area (Å²) in [7, 11) is 0. The maximum Gasteiger partial charge on any atom is 0.270 e. The van der Waals surface area contributed by atoms with Gasteiger partial charge in [-0.15, -0.1) is 0 Å². The first-order valence-corrected chi connectivity index (χ1v) is 5.22. The maximum absolute atomic E-state index is 13.3. The van der Waals surface area contributed by atoms with E-state index in [2.05, 4.69) is 0 Å². The number of fused-ring (bicyclic) bond motifs is 1. The smallest absolute Gasteiger partial charge is 0.270 e. The lowest BCUT2D eigenvalue weighted by Gasteiger charge is -2.22. The molecule has 3 nitrogen and oxygen atoms in total. The van der Waals surface area contributed by atoms with Crippen LogP contribution in [0, 0.1) is 0 Å². The molecule has 0 atom stereocenters. The first kappa shape index (κ1) is 11.8. The predicted octanol–water partition coefficient (Wildman–Crippen LogP) is 2.77. The molecule has 5 heteroatoms. The van der Waals surface area contributed by atoms with Gasteiger partial charge in [0.1, 0.15) is 13.2 Å². The van der Waals surface area contributed by atoms with Crippen molar-refractivity contribution in [2.24, 2.45) is 0 Å². The highest BCUT2D eigenvalue weighted by molar-refractivity contribution is 5.98. The molecule has 0 aliphatic carbocycles. The van der Waals surface area contributed by atoms with Crippen molar-refractivity contribution in [1.29, 1.82) is 0 Å². The Balaban J connectivity index is 2.60. The topological polar surface area (TPSA) is 35.5 Å². The van der Waals surface area contributed by atoms with Crippen LogP contribution in [0.15, 0.2) is 12.1 Å². The number of ether oxygens (including phenoxy) is 2. The predicted molar refractivity (Wildman–Crippen MR) is 57.0 cm³/mol. The van der Waals surface area contributed by atoms with Crippen LogP contribution in [0.25, 0.3) is 0 Å². The van der Waals surface area contributed by atoms with Gasteiger partial charge in [-0.05, 0) is 19.1 Å². The fraction of sp³-hybridized carbons (Fsp3) is 0.417. The SMILES string of the molecule is CC(=O)c1cc(C(C)(F)F)cc2c1OCCO2. The molecular weight excluding hydrogens is 230 g/mol. The Bertz CT molecular complexity index is 464. The van der Waals surface area contributed by atoms with Crippen LogP contribution in [0.4, 0.5) is 8.78 Å². The summed E-state index contributed by atoms with van der Waals surface area (Å²) in [6, 6.07) is 2.39. The van der Waals surface area contributed by atoms with Crippen LogP contribution in [0.3, 0.4) is 0 Å². The Morgan fingerprint density at radius 2 is 1.94 bits per heavy atom. The highest BCUT2D eigenvalue weighted by Crippen LogP contribution is 2.39. The monoisotopic (exact) mass is 242 g/mol. The second kappa shape index (κ2) is 3.98. The van der Waals surface area contributed by atoms with Crippen LogP contribution in [0.5, 0.6) is 11.5 Å². The van der Waals surface area contributed by atoms with Crippen molar-refractivity contribution in [3.63, 3.8) is 0 Å². The van der Waals surface area contributed by atoms with Gasteiger partial charge in [0.15, 0.2) is 17.3 Å². The van der Waals surface area contributed by atoms with Crippen molar-refractivity contribution in [2.45, 2.75) is 19.8 Å². The number of Topliss-reactive ketones (excluding diaryl/α,β-unsaturated/α-hetero) is 1. The van der Waals surface area contributed by atoms with Crippen LogP contribution >= 0.6 is 0 Å². The molecule has 2 rings (SSSR count). The van der Waals surface area contributed by atoms with Crippen molar-refractivity contribution in [1.82, 2.24) is 0 Å². The molecule has 1 aliphatic rings. The molecule has 0 bridgehead atoms. The molecule has 17 heavy (non-hydrogen) atoms. The first-order valence-electron chi connectivity index (χ1n) is 5.22. The lowest BCUT2D eigenvalue weighted by Crippen LogP contribution is -2.19. The third-order valence-corrected chi connectivity index (χ3v) is 2.53. The summed E-state index contributed by atoms with van der Waals surface area (Å²) in [5, 5.41) is 0. The molecule has 0 fully saturated rings. The number of hydrogen-bond acceptors (Lipinski definition) is 3. The van der Waals surface area contributed by atoms with Gasteiger partial charge in [-0.1, -0.05) is 0 Å². The molecule has 0 amide bonds. The Hall–Kier alpha value is -1.65. The minimum absolute atomic E-state index is 0.138. The van der Waals surface area contributed by atoms with Crippen LogP contribution in [-0.4, -0.2) is 19.0 Å². The van der Waals surface area contributed by atoms with Gasteiger partial charge in [-0.2, -0.15) is 0 Å². The molecule has 0 spiro atoms. The molecule has 1 aromatic carbocycles. The van der Waals surface area contributed by atoms with E-state index in [0.29, 0.717) is 13.2 Å². The van der Waals surface area contributed by atoms with E-state index in [4.69, 9.17) is 9.47 Å². The molecule has 0 saturated heterocycles. The second-order valence-electron chi connectivity index (χ2n) is 3.99. The molecule has 1 aromatic rings. The van der Waals surface area contributed by atoms with E-state index < -0.39 is 5.92 Å². The zero-order valence-corrected chi connectivity index (χ0v) is 9.55. The minimum atomic E-state index is -3.01. The molecule has 0 N–H and O–H groups in total. The number of ketones is 1. The van der Waals surface area contributed by atoms with E-state index in [9.17, 15) is 13.6 Å². The molecule has 0 aromatic heterocycles. The van der Waals surface area contributed by atoms with Crippen molar-refractivity contribution in [3.8, 4) is 11.5 Å². The lowest BCUT2D eigenvalue weighted by molar-refractivity contribution is 0.0168. The first-order chi connectivity index (χ1) is 7.89. The van der Waals surface area contributed by atoms with Crippen LogP contribution in [-0.2, 0) is 5.92 Å². The molecule has 1 heterocycles. The van der Waals surface area contributed by atoms with Gasteiger partial charge in [-0.25, -0.2) is 8.78 Å². The lowest BCUT2D eigenvalue weighted by atomic mass is 10.0. The van der Waals surface area contributed by atoms with Gasteiger partial charge >= 0.3 is 0 Å². The van der Waals surface area contributed by atoms with Crippen LogP contribution in [0.1, 0.15) is 29.8 Å². The second-order valence-corrected chi connectivity index (χ2v) is 3.99. The summed E-state index contributed by atoms with van der Waals surface area (Å²) >= 11 is 0. The fourth-order valence-corrected chi connectivity index (χ4v) is 1.67. The van der Waals surface area contributed by atoms with Gasteiger partial charge in [-0.3, -0.25) is 4.79 Å². The maximum atomic E-state index is 13.3. The summed E-state index contributed by atoms with van der Waals surface area (Å²) in [6.45, 7) is 2.70. The molecule has 92 valence electrons. The van der Waals surface area contributed by atoms with Crippen molar-refractivity contribution >= 4 is 5.78 Å². The summed E-state index contributed by atoms with van der Waals surface area (Å²) in [6.07, 6.45) is 0. The van der Waals surface area contributed by atoms with Gasteiger partial charge in [0.2, 0.25) is 0 Å². The van der Waals surface area contributed by atoms with Gasteiger partial charge in [0.05, 0.1) is 5.56 Å². The highest BCUT2D eigenvalue weighted by Gasteiger charge is 2.29. The van der Waals surface area contributed by atoms with Crippen molar-refractivity contribution in [3.05, 3.63) is 23.3 Å². The van der Waals surface area contributed by atoms with Crippen LogP contribution < -0.4 is 9.47 Å². The summed E-state index contributed by atoms with van der Waals surface area (Å²) < 4.78 is 37.1. The van der Waals surface area contributed by atoms with Crippen molar-refractivity contribution in [2.75, 3.05) is 13.2 Å². The molecular formula is C12H12F2O3. The Morgan fingerprint density at radius 3 is 2.53 bits per heavy atom. The van der Waals surface area contributed by atoms with Gasteiger partial charge in [0, 0.05) is 12.5 Å². The Morgan fingerprint density at radius 1 is 1.29 bits per heavy atom. The van der Waals surface area contributed by atoms with E-state index in [1.54, 1.807) is 0 Å². The molecule has 1 aliphatic heterocycles. The summed E-state index contributed by atoms with van der Waals surface area (Å²) in [5.74, 6) is -2.87. The number of rotatable bonds is 2. The number of hydrogen-bond donors (Lipinski definition) is 0. The minimum Gasteiger partial charge on any atom is -0.486 e. The summed E-state index contributed by atoms with van der Waals surface area (Å²) in [4.78, 5) is 11.4. The zero-order valence-electron chi connectivity index (χ0n) is 9.55. The fourth-order valence-electron chi connectivity index (χ4n) is 1.67. The molecule has 0 unspecified atom stereocenters. The third kappa shape index (κ3) is 2.23. The number of carbonyl (C=O) groups excluding carboxylic acids is 1. The van der Waals surface area contributed by atoms with E-state index >= 15 is 0 Å². The van der Waals surface area contributed by atoms with E-state index in [1.165, 1.54) is 13.0 Å². The van der Waals surface area contributed by atoms with Gasteiger partial charge in [0.25, 0.3) is 5.92 Å². The van der Waals surface area contributed by atoms with Gasteiger partial charge < -0.3 is 9.47 Å². The van der Waals surface area contributed by atoms with Crippen molar-refractivity contribution < 1.29 is 23.0 Å². The van der Waals surface area contributed by atoms with E-state index in [-0.39, 0.29) is 28.4 Å². The largest absolute Gasteiger partial charge is 0.486 e. The van der Waals surface area contributed by atoms with Crippen LogP contribution in [0.2, 0.25) is 0 Å². The Labute approximate surface area is 97.3 Å². The normalized spacial score (nSPS) is 14.6. The number of alkyl halides is 2.